The molecule has 0 unspecified atom stereocenters. The lowest BCUT2D eigenvalue weighted by atomic mass is 10.0. The van der Waals surface area contributed by atoms with Crippen LogP contribution in [0.15, 0.2) is 35.7 Å². The summed E-state index contributed by atoms with van der Waals surface area (Å²) < 4.78 is 13.3. The Hall–Kier alpha value is -2.14. The van der Waals surface area contributed by atoms with Crippen LogP contribution < -0.4 is 0 Å². The number of aromatic nitrogens is 1. The molecule has 3 aromatic rings. The van der Waals surface area contributed by atoms with Crippen LogP contribution in [0, 0.1) is 5.82 Å². The molecule has 112 valence electrons. The highest BCUT2D eigenvalue weighted by molar-refractivity contribution is 7.10. The third kappa shape index (κ3) is 2.04. The van der Waals surface area contributed by atoms with Crippen molar-refractivity contribution in [3.63, 3.8) is 0 Å². The standard InChI is InChI=1S/C17H15FN2OS/c1-10-13-5-7-22-16(13)4-6-20(10)17(21)15-9-11-8-12(18)2-3-14(11)19-15/h2-3,5,7-10,19H,4,6H2,1H3/t10-/m0/s1. The summed E-state index contributed by atoms with van der Waals surface area (Å²) in [5, 5.41) is 2.81. The van der Waals surface area contributed by atoms with Gasteiger partial charge in [-0.3, -0.25) is 4.79 Å². The Morgan fingerprint density at radius 3 is 3.09 bits per heavy atom. The van der Waals surface area contributed by atoms with Gasteiger partial charge in [-0.2, -0.15) is 0 Å². The summed E-state index contributed by atoms with van der Waals surface area (Å²) in [4.78, 5) is 19.2. The molecule has 1 amide bonds. The van der Waals surface area contributed by atoms with Crippen molar-refractivity contribution < 1.29 is 9.18 Å². The Bertz CT molecular complexity index is 867. The van der Waals surface area contributed by atoms with Crippen molar-refractivity contribution in [1.29, 1.82) is 0 Å². The minimum Gasteiger partial charge on any atom is -0.351 e. The second kappa shape index (κ2) is 4.95. The number of hydrogen-bond acceptors (Lipinski definition) is 2. The lowest BCUT2D eigenvalue weighted by molar-refractivity contribution is 0.0674. The van der Waals surface area contributed by atoms with Gasteiger partial charge in [-0.05, 0) is 54.6 Å². The normalized spacial score (nSPS) is 17.7. The molecule has 0 spiro atoms. The quantitative estimate of drug-likeness (QED) is 0.720. The zero-order valence-corrected chi connectivity index (χ0v) is 12.9. The van der Waals surface area contributed by atoms with Crippen LogP contribution in [0.25, 0.3) is 10.9 Å². The number of fused-ring (bicyclic) bond motifs is 2. The molecule has 0 aliphatic carbocycles. The first-order chi connectivity index (χ1) is 10.6. The smallest absolute Gasteiger partial charge is 0.270 e. The fourth-order valence-corrected chi connectivity index (χ4v) is 4.12. The molecule has 0 saturated heterocycles. The van der Waals surface area contributed by atoms with Crippen molar-refractivity contribution in [2.24, 2.45) is 0 Å². The molecular weight excluding hydrogens is 299 g/mol. The number of aromatic amines is 1. The van der Waals surface area contributed by atoms with Crippen molar-refractivity contribution in [1.82, 2.24) is 9.88 Å². The van der Waals surface area contributed by atoms with Crippen molar-refractivity contribution in [3.8, 4) is 0 Å². The summed E-state index contributed by atoms with van der Waals surface area (Å²) in [6.45, 7) is 2.78. The van der Waals surface area contributed by atoms with E-state index in [0.717, 1.165) is 23.9 Å². The van der Waals surface area contributed by atoms with Gasteiger partial charge in [0, 0.05) is 22.3 Å². The number of benzene rings is 1. The lowest BCUT2D eigenvalue weighted by Gasteiger charge is -2.33. The number of rotatable bonds is 1. The number of nitrogens with one attached hydrogen (secondary N) is 1. The summed E-state index contributed by atoms with van der Waals surface area (Å²) in [5.41, 5.74) is 2.54. The van der Waals surface area contributed by atoms with Gasteiger partial charge >= 0.3 is 0 Å². The van der Waals surface area contributed by atoms with E-state index < -0.39 is 0 Å². The SMILES string of the molecule is C[C@H]1c2ccsc2CCN1C(=O)c1cc2cc(F)ccc2[nH]1. The molecule has 4 rings (SSSR count). The van der Waals surface area contributed by atoms with Gasteiger partial charge in [0.25, 0.3) is 5.91 Å². The van der Waals surface area contributed by atoms with Gasteiger partial charge in [-0.25, -0.2) is 4.39 Å². The number of carbonyl (C=O) groups excluding carboxylic acids is 1. The molecule has 3 nitrogen and oxygen atoms in total. The van der Waals surface area contributed by atoms with Gasteiger partial charge < -0.3 is 9.88 Å². The van der Waals surface area contributed by atoms with E-state index in [2.05, 4.69) is 23.4 Å². The number of amides is 1. The van der Waals surface area contributed by atoms with Crippen LogP contribution in [0.1, 0.15) is 33.9 Å². The van der Waals surface area contributed by atoms with E-state index in [1.807, 2.05) is 4.90 Å². The van der Waals surface area contributed by atoms with E-state index in [0.29, 0.717) is 5.69 Å². The molecule has 0 bridgehead atoms. The highest BCUT2D eigenvalue weighted by Crippen LogP contribution is 2.33. The van der Waals surface area contributed by atoms with Crippen LogP contribution in [0.5, 0.6) is 0 Å². The van der Waals surface area contributed by atoms with E-state index in [1.54, 1.807) is 23.5 Å². The maximum Gasteiger partial charge on any atom is 0.270 e. The fraction of sp³-hybridized carbons (Fsp3) is 0.235. The molecule has 1 aliphatic rings. The topological polar surface area (TPSA) is 36.1 Å². The van der Waals surface area contributed by atoms with Crippen LogP contribution >= 0.6 is 11.3 Å². The van der Waals surface area contributed by atoms with Crippen molar-refractivity contribution in [3.05, 3.63) is 57.7 Å². The number of hydrogen-bond donors (Lipinski definition) is 1. The van der Waals surface area contributed by atoms with E-state index in [1.165, 1.54) is 22.6 Å². The van der Waals surface area contributed by atoms with E-state index in [9.17, 15) is 9.18 Å². The Balaban J connectivity index is 1.68. The molecule has 1 aliphatic heterocycles. The second-order valence-electron chi connectivity index (χ2n) is 5.64. The molecule has 1 aromatic carbocycles. The number of halogens is 1. The van der Waals surface area contributed by atoms with Crippen LogP contribution in [-0.2, 0) is 6.42 Å². The van der Waals surface area contributed by atoms with Crippen LogP contribution in [-0.4, -0.2) is 22.3 Å². The summed E-state index contributed by atoms with van der Waals surface area (Å²) in [6.07, 6.45) is 0.901. The third-order valence-electron chi connectivity index (χ3n) is 4.35. The molecule has 22 heavy (non-hydrogen) atoms. The first-order valence-electron chi connectivity index (χ1n) is 7.29. The summed E-state index contributed by atoms with van der Waals surface area (Å²) in [7, 11) is 0. The van der Waals surface area contributed by atoms with Crippen LogP contribution in [0.3, 0.4) is 0 Å². The van der Waals surface area contributed by atoms with Gasteiger partial charge in [-0.15, -0.1) is 11.3 Å². The summed E-state index contributed by atoms with van der Waals surface area (Å²) >= 11 is 1.76. The Morgan fingerprint density at radius 1 is 1.36 bits per heavy atom. The van der Waals surface area contributed by atoms with Gasteiger partial charge in [0.1, 0.15) is 11.5 Å². The van der Waals surface area contributed by atoms with Crippen molar-refractivity contribution in [2.75, 3.05) is 6.54 Å². The molecule has 0 saturated carbocycles. The van der Waals surface area contributed by atoms with Crippen LogP contribution in [0.2, 0.25) is 0 Å². The first-order valence-corrected chi connectivity index (χ1v) is 8.17. The predicted molar refractivity (Wildman–Crippen MR) is 85.7 cm³/mol. The zero-order valence-electron chi connectivity index (χ0n) is 12.1. The predicted octanol–water partition coefficient (Wildman–Crippen LogP) is 4.13. The van der Waals surface area contributed by atoms with Gasteiger partial charge in [0.2, 0.25) is 0 Å². The number of nitrogens with zero attached hydrogens (tertiary/aromatic N) is 1. The highest BCUT2D eigenvalue weighted by atomic mass is 32.1. The number of H-pyrrole nitrogens is 1. The lowest BCUT2D eigenvalue weighted by Crippen LogP contribution is -2.38. The Labute approximate surface area is 131 Å². The van der Waals surface area contributed by atoms with Gasteiger partial charge in [0.05, 0.1) is 6.04 Å². The largest absolute Gasteiger partial charge is 0.351 e. The highest BCUT2D eigenvalue weighted by Gasteiger charge is 2.29. The minimum atomic E-state index is -0.292. The van der Waals surface area contributed by atoms with Crippen LogP contribution in [0.4, 0.5) is 4.39 Å². The molecule has 1 atom stereocenters. The molecule has 0 fully saturated rings. The molecule has 3 heterocycles. The monoisotopic (exact) mass is 314 g/mol. The molecular formula is C17H15FN2OS. The average Bonchev–Trinajstić information content (AvgIpc) is 3.12. The minimum absolute atomic E-state index is 0.0269. The Kier molecular flexibility index (Phi) is 3.04. The molecule has 5 heteroatoms. The Morgan fingerprint density at radius 2 is 2.23 bits per heavy atom. The maximum absolute atomic E-state index is 13.3. The van der Waals surface area contributed by atoms with E-state index in [-0.39, 0.29) is 17.8 Å². The van der Waals surface area contributed by atoms with E-state index >= 15 is 0 Å². The zero-order chi connectivity index (χ0) is 15.3. The summed E-state index contributed by atoms with van der Waals surface area (Å²) in [5.74, 6) is -0.319. The fourth-order valence-electron chi connectivity index (χ4n) is 3.16. The second-order valence-corrected chi connectivity index (χ2v) is 6.64. The molecule has 0 radical (unpaired) electrons. The van der Waals surface area contributed by atoms with Crippen molar-refractivity contribution in [2.45, 2.75) is 19.4 Å². The van der Waals surface area contributed by atoms with Gasteiger partial charge in [0.15, 0.2) is 0 Å². The van der Waals surface area contributed by atoms with Crippen molar-refractivity contribution >= 4 is 28.1 Å². The third-order valence-corrected chi connectivity index (χ3v) is 5.35. The van der Waals surface area contributed by atoms with E-state index in [4.69, 9.17) is 0 Å². The first kappa shape index (κ1) is 13.5. The maximum atomic E-state index is 13.3. The van der Waals surface area contributed by atoms with Gasteiger partial charge in [-0.1, -0.05) is 0 Å². The average molecular weight is 314 g/mol. The number of thiophene rings is 1. The molecule has 1 N–H and O–H groups in total. The number of carbonyl (C=O) groups is 1. The summed E-state index contributed by atoms with van der Waals surface area (Å²) in [6, 6.07) is 8.41. The molecule has 2 aromatic heterocycles.